The van der Waals surface area contributed by atoms with E-state index in [0.29, 0.717) is 24.9 Å². The Morgan fingerprint density at radius 1 is 0.833 bits per heavy atom. The number of carbonyl (C=O) groups excluding carboxylic acids is 1. The first kappa shape index (κ1) is 15.4. The molecule has 2 nitrogen and oxygen atoms in total. The zero-order chi connectivity index (χ0) is 16.4. The van der Waals surface area contributed by atoms with Crippen LogP contribution in [0.15, 0.2) is 60.7 Å². The smallest absolute Gasteiger partial charge is 0.226 e. The Morgan fingerprint density at radius 3 is 1.88 bits per heavy atom. The maximum Gasteiger partial charge on any atom is 0.226 e. The molecular weight excluding hydrogens is 294 g/mol. The quantitative estimate of drug-likeness (QED) is 0.785. The number of fused-ring (bicyclic) bond motifs is 2. The predicted octanol–water partition coefficient (Wildman–Crippen LogP) is 4.65. The average Bonchev–Trinajstić information content (AvgIpc) is 3.26. The molecule has 2 fully saturated rings. The molecule has 2 aromatic carbocycles. The summed E-state index contributed by atoms with van der Waals surface area (Å²) in [5.41, 5.74) is 2.43. The minimum Gasteiger partial charge on any atom is -0.334 e. The number of nitrogens with zero attached hydrogens (tertiary/aromatic N) is 1. The molecule has 1 amide bonds. The second-order valence-electron chi connectivity index (χ2n) is 7.45. The van der Waals surface area contributed by atoms with Gasteiger partial charge >= 0.3 is 0 Å². The third-order valence-electron chi connectivity index (χ3n) is 5.80. The number of benzene rings is 2. The molecule has 0 heterocycles. The summed E-state index contributed by atoms with van der Waals surface area (Å²) in [6.45, 7) is 1.42. The van der Waals surface area contributed by atoms with Crippen molar-refractivity contribution in [2.75, 3.05) is 0 Å². The van der Waals surface area contributed by atoms with Crippen molar-refractivity contribution >= 4 is 5.91 Å². The van der Waals surface area contributed by atoms with Gasteiger partial charge in [0.15, 0.2) is 0 Å². The van der Waals surface area contributed by atoms with Gasteiger partial charge in [0.1, 0.15) is 0 Å². The summed E-state index contributed by atoms with van der Waals surface area (Å²) in [4.78, 5) is 15.3. The van der Waals surface area contributed by atoms with Gasteiger partial charge < -0.3 is 4.90 Å². The van der Waals surface area contributed by atoms with Crippen LogP contribution in [0.1, 0.15) is 36.8 Å². The van der Waals surface area contributed by atoms with Gasteiger partial charge in [0.2, 0.25) is 5.91 Å². The van der Waals surface area contributed by atoms with E-state index in [2.05, 4.69) is 53.4 Å². The molecule has 0 radical (unpaired) electrons. The highest BCUT2D eigenvalue weighted by atomic mass is 16.2. The number of hydrogen-bond donors (Lipinski definition) is 0. The summed E-state index contributed by atoms with van der Waals surface area (Å²) in [5.74, 6) is 2.07. The number of rotatable bonds is 5. The first-order valence-electron chi connectivity index (χ1n) is 9.16. The van der Waals surface area contributed by atoms with Crippen molar-refractivity contribution in [3.63, 3.8) is 0 Å². The van der Waals surface area contributed by atoms with Crippen LogP contribution in [0.25, 0.3) is 0 Å². The van der Waals surface area contributed by atoms with Gasteiger partial charge in [0.25, 0.3) is 0 Å². The zero-order valence-corrected chi connectivity index (χ0v) is 14.1. The van der Waals surface area contributed by atoms with Gasteiger partial charge in [-0.05, 0) is 42.2 Å². The fourth-order valence-electron chi connectivity index (χ4n) is 4.60. The summed E-state index contributed by atoms with van der Waals surface area (Å²) >= 11 is 0. The summed E-state index contributed by atoms with van der Waals surface area (Å²) in [7, 11) is 0. The summed E-state index contributed by atoms with van der Waals surface area (Å²) in [6, 6.07) is 20.7. The molecule has 2 aromatic rings. The lowest BCUT2D eigenvalue weighted by molar-refractivity contribution is -0.138. The Hall–Kier alpha value is -2.09. The summed E-state index contributed by atoms with van der Waals surface area (Å²) < 4.78 is 0. The van der Waals surface area contributed by atoms with E-state index < -0.39 is 0 Å². The van der Waals surface area contributed by atoms with Crippen LogP contribution < -0.4 is 0 Å². The Kier molecular flexibility index (Phi) is 4.38. The molecule has 3 unspecified atom stereocenters. The maximum absolute atomic E-state index is 13.3. The van der Waals surface area contributed by atoms with Crippen molar-refractivity contribution in [3.05, 3.63) is 71.8 Å². The highest BCUT2D eigenvalue weighted by molar-refractivity contribution is 5.79. The van der Waals surface area contributed by atoms with Gasteiger partial charge in [-0.15, -0.1) is 0 Å². The molecule has 24 heavy (non-hydrogen) atoms. The number of amides is 1. The van der Waals surface area contributed by atoms with Crippen LogP contribution in [0.3, 0.4) is 0 Å². The van der Waals surface area contributed by atoms with Crippen LogP contribution in [0.4, 0.5) is 0 Å². The van der Waals surface area contributed by atoms with Crippen LogP contribution in [-0.2, 0) is 17.9 Å². The predicted molar refractivity (Wildman–Crippen MR) is 96.1 cm³/mol. The standard InChI is InChI=1S/C22H25NO/c24-22(21-14-19-11-12-20(21)13-19)23(15-17-7-3-1-4-8-17)16-18-9-5-2-6-10-18/h1-10,19-21H,11-16H2. The van der Waals surface area contributed by atoms with Crippen molar-refractivity contribution in [3.8, 4) is 0 Å². The van der Waals surface area contributed by atoms with Crippen molar-refractivity contribution in [2.24, 2.45) is 17.8 Å². The van der Waals surface area contributed by atoms with Gasteiger partial charge in [0, 0.05) is 19.0 Å². The van der Waals surface area contributed by atoms with E-state index in [1.165, 1.54) is 30.4 Å². The molecule has 4 rings (SSSR count). The van der Waals surface area contributed by atoms with E-state index in [9.17, 15) is 4.79 Å². The Balaban J connectivity index is 1.54. The normalized spacial score (nSPS) is 24.9. The minimum atomic E-state index is 0.260. The van der Waals surface area contributed by atoms with E-state index in [4.69, 9.17) is 0 Å². The van der Waals surface area contributed by atoms with Crippen LogP contribution in [0, 0.1) is 17.8 Å². The third-order valence-corrected chi connectivity index (χ3v) is 5.80. The molecule has 2 bridgehead atoms. The lowest BCUT2D eigenvalue weighted by atomic mass is 9.87. The molecule has 2 aliphatic rings. The van der Waals surface area contributed by atoms with Gasteiger partial charge in [-0.25, -0.2) is 0 Å². The SMILES string of the molecule is O=C(C1CC2CCC1C2)N(Cc1ccccc1)Cc1ccccc1. The minimum absolute atomic E-state index is 0.260. The van der Waals surface area contributed by atoms with Crippen molar-refractivity contribution in [2.45, 2.75) is 38.8 Å². The zero-order valence-electron chi connectivity index (χ0n) is 14.1. The van der Waals surface area contributed by atoms with E-state index in [-0.39, 0.29) is 5.92 Å². The molecule has 2 heteroatoms. The molecule has 2 aliphatic carbocycles. The lowest BCUT2D eigenvalue weighted by Crippen LogP contribution is -2.37. The second kappa shape index (κ2) is 6.80. The first-order valence-corrected chi connectivity index (χ1v) is 9.16. The molecule has 0 spiro atoms. The Bertz CT molecular complexity index is 640. The monoisotopic (exact) mass is 319 g/mol. The van der Waals surface area contributed by atoms with Crippen LogP contribution in [0.5, 0.6) is 0 Å². The van der Waals surface area contributed by atoms with Gasteiger partial charge in [-0.1, -0.05) is 67.1 Å². The highest BCUT2D eigenvalue weighted by Crippen LogP contribution is 2.49. The van der Waals surface area contributed by atoms with E-state index in [0.717, 1.165) is 12.3 Å². The molecule has 0 aromatic heterocycles. The topological polar surface area (TPSA) is 20.3 Å². The molecule has 0 saturated heterocycles. The van der Waals surface area contributed by atoms with Crippen molar-refractivity contribution in [1.82, 2.24) is 4.90 Å². The molecule has 0 aliphatic heterocycles. The van der Waals surface area contributed by atoms with Gasteiger partial charge in [0.05, 0.1) is 0 Å². The van der Waals surface area contributed by atoms with Crippen LogP contribution in [0.2, 0.25) is 0 Å². The van der Waals surface area contributed by atoms with E-state index in [1.54, 1.807) is 0 Å². The second-order valence-corrected chi connectivity index (χ2v) is 7.45. The van der Waals surface area contributed by atoms with E-state index in [1.807, 2.05) is 12.1 Å². The molecule has 124 valence electrons. The van der Waals surface area contributed by atoms with E-state index >= 15 is 0 Å². The average molecular weight is 319 g/mol. The van der Waals surface area contributed by atoms with Crippen molar-refractivity contribution < 1.29 is 4.79 Å². The first-order chi connectivity index (χ1) is 11.8. The Labute approximate surface area is 144 Å². The molecule has 3 atom stereocenters. The van der Waals surface area contributed by atoms with Crippen LogP contribution in [-0.4, -0.2) is 10.8 Å². The molecular formula is C22H25NO. The van der Waals surface area contributed by atoms with Gasteiger partial charge in [-0.2, -0.15) is 0 Å². The highest BCUT2D eigenvalue weighted by Gasteiger charge is 2.44. The third kappa shape index (κ3) is 3.24. The number of carbonyl (C=O) groups is 1. The van der Waals surface area contributed by atoms with Gasteiger partial charge in [-0.3, -0.25) is 4.79 Å². The fraction of sp³-hybridized carbons (Fsp3) is 0.409. The maximum atomic E-state index is 13.3. The largest absolute Gasteiger partial charge is 0.334 e. The van der Waals surface area contributed by atoms with Crippen molar-refractivity contribution in [1.29, 1.82) is 0 Å². The lowest BCUT2D eigenvalue weighted by Gasteiger charge is -2.30. The summed E-state index contributed by atoms with van der Waals surface area (Å²) in [6.07, 6.45) is 4.99. The summed E-state index contributed by atoms with van der Waals surface area (Å²) in [5, 5.41) is 0. The van der Waals surface area contributed by atoms with Crippen LogP contribution >= 0.6 is 0 Å². The Morgan fingerprint density at radius 2 is 1.42 bits per heavy atom. The fourth-order valence-corrected chi connectivity index (χ4v) is 4.60. The number of hydrogen-bond acceptors (Lipinski definition) is 1. The molecule has 0 N–H and O–H groups in total. The molecule has 2 saturated carbocycles.